The Labute approximate surface area is 132 Å². The van der Waals surface area contributed by atoms with E-state index in [2.05, 4.69) is 32.6 Å². The highest BCUT2D eigenvalue weighted by atomic mass is 127. The van der Waals surface area contributed by atoms with Crippen LogP contribution in [0.3, 0.4) is 0 Å². The molecule has 20 heavy (non-hydrogen) atoms. The van der Waals surface area contributed by atoms with Crippen LogP contribution in [0.1, 0.15) is 42.9 Å². The van der Waals surface area contributed by atoms with Crippen LogP contribution < -0.4 is 5.73 Å². The van der Waals surface area contributed by atoms with Crippen LogP contribution in [0.15, 0.2) is 18.5 Å². The van der Waals surface area contributed by atoms with E-state index in [0.29, 0.717) is 17.6 Å². The Bertz CT molecular complexity index is 636. The van der Waals surface area contributed by atoms with Crippen molar-refractivity contribution < 1.29 is 0 Å². The number of nitrogen functional groups attached to an aromatic ring is 1. The van der Waals surface area contributed by atoms with E-state index in [4.69, 9.17) is 10.7 Å². The van der Waals surface area contributed by atoms with E-state index in [0.717, 1.165) is 20.4 Å². The smallest absolute Gasteiger partial charge is 0.163 e. The first-order valence-electron chi connectivity index (χ1n) is 6.90. The Hall–Kier alpha value is -1.24. The molecule has 1 aliphatic rings. The topological polar surface area (TPSA) is 64.7 Å². The highest BCUT2D eigenvalue weighted by Crippen LogP contribution is 2.37. The van der Waals surface area contributed by atoms with E-state index in [1.54, 1.807) is 6.20 Å². The van der Waals surface area contributed by atoms with Gasteiger partial charge in [0.15, 0.2) is 5.82 Å². The minimum Gasteiger partial charge on any atom is -0.383 e. The Morgan fingerprint density at radius 1 is 1.25 bits per heavy atom. The molecule has 104 valence electrons. The van der Waals surface area contributed by atoms with Crippen molar-refractivity contribution in [2.75, 3.05) is 5.73 Å². The normalized spacial score (nSPS) is 15.7. The van der Waals surface area contributed by atoms with E-state index < -0.39 is 0 Å². The van der Waals surface area contributed by atoms with E-state index in [1.165, 1.54) is 25.7 Å². The van der Waals surface area contributed by atoms with Crippen LogP contribution in [0.5, 0.6) is 0 Å². The summed E-state index contributed by atoms with van der Waals surface area (Å²) in [6.45, 7) is 2.05. The summed E-state index contributed by atoms with van der Waals surface area (Å²) >= 11 is 2.27. The number of nitrogens with two attached hydrogens (primary N) is 1. The molecule has 0 atom stereocenters. The van der Waals surface area contributed by atoms with Gasteiger partial charge >= 0.3 is 0 Å². The SMILES string of the molecule is Cc1ccncc1-c1nc(N)c(I)c(C2CCCC2)n1. The van der Waals surface area contributed by atoms with E-state index in [1.807, 2.05) is 19.2 Å². The molecule has 0 amide bonds. The molecular weight excluding hydrogens is 363 g/mol. The Kier molecular flexibility index (Phi) is 3.87. The molecule has 4 nitrogen and oxygen atoms in total. The van der Waals surface area contributed by atoms with Gasteiger partial charge in [-0.05, 0) is 54.0 Å². The molecule has 0 saturated heterocycles. The van der Waals surface area contributed by atoms with Crippen LogP contribution in [-0.4, -0.2) is 15.0 Å². The second kappa shape index (κ2) is 5.63. The van der Waals surface area contributed by atoms with Gasteiger partial charge in [0, 0.05) is 23.9 Å². The molecule has 1 fully saturated rings. The lowest BCUT2D eigenvalue weighted by molar-refractivity contribution is 0.691. The predicted octanol–water partition coefficient (Wildman–Crippen LogP) is 3.69. The first kappa shape index (κ1) is 13.7. The first-order chi connectivity index (χ1) is 9.66. The summed E-state index contributed by atoms with van der Waals surface area (Å²) in [5, 5.41) is 0. The van der Waals surface area contributed by atoms with Crippen LogP contribution in [0.25, 0.3) is 11.4 Å². The van der Waals surface area contributed by atoms with Crippen LogP contribution in [0.2, 0.25) is 0 Å². The maximum absolute atomic E-state index is 6.10. The van der Waals surface area contributed by atoms with Gasteiger partial charge in [-0.15, -0.1) is 0 Å². The summed E-state index contributed by atoms with van der Waals surface area (Å²) in [5.41, 5.74) is 9.31. The van der Waals surface area contributed by atoms with Gasteiger partial charge < -0.3 is 5.73 Å². The van der Waals surface area contributed by atoms with Crippen molar-refractivity contribution in [1.82, 2.24) is 15.0 Å². The van der Waals surface area contributed by atoms with Crippen molar-refractivity contribution in [1.29, 1.82) is 0 Å². The molecule has 2 heterocycles. The summed E-state index contributed by atoms with van der Waals surface area (Å²) < 4.78 is 1.01. The van der Waals surface area contributed by atoms with Gasteiger partial charge in [0.05, 0.1) is 9.26 Å². The van der Waals surface area contributed by atoms with Crippen molar-refractivity contribution in [3.05, 3.63) is 33.3 Å². The Balaban J connectivity index is 2.11. The van der Waals surface area contributed by atoms with E-state index in [-0.39, 0.29) is 0 Å². The first-order valence-corrected chi connectivity index (χ1v) is 7.98. The van der Waals surface area contributed by atoms with Crippen molar-refractivity contribution >= 4 is 28.4 Å². The molecule has 0 aromatic carbocycles. The third-order valence-corrected chi connectivity index (χ3v) is 5.03. The van der Waals surface area contributed by atoms with Gasteiger partial charge in [-0.3, -0.25) is 4.98 Å². The van der Waals surface area contributed by atoms with Crippen LogP contribution >= 0.6 is 22.6 Å². The number of anilines is 1. The summed E-state index contributed by atoms with van der Waals surface area (Å²) in [7, 11) is 0. The predicted molar refractivity (Wildman–Crippen MR) is 88.3 cm³/mol. The van der Waals surface area contributed by atoms with Gasteiger partial charge in [0.25, 0.3) is 0 Å². The maximum atomic E-state index is 6.10. The number of hydrogen-bond acceptors (Lipinski definition) is 4. The van der Waals surface area contributed by atoms with Gasteiger partial charge in [-0.1, -0.05) is 12.8 Å². The molecule has 0 bridgehead atoms. The molecule has 1 saturated carbocycles. The zero-order valence-electron chi connectivity index (χ0n) is 11.4. The van der Waals surface area contributed by atoms with Gasteiger partial charge in [-0.2, -0.15) is 0 Å². The van der Waals surface area contributed by atoms with Crippen LogP contribution in [-0.2, 0) is 0 Å². The van der Waals surface area contributed by atoms with Gasteiger partial charge in [-0.25, -0.2) is 9.97 Å². The lowest BCUT2D eigenvalue weighted by Crippen LogP contribution is -2.08. The molecular formula is C15H17IN4. The zero-order valence-corrected chi connectivity index (χ0v) is 13.6. The molecule has 3 rings (SSSR count). The van der Waals surface area contributed by atoms with Gasteiger partial charge in [0.1, 0.15) is 5.82 Å². The molecule has 0 unspecified atom stereocenters. The highest BCUT2D eigenvalue weighted by Gasteiger charge is 2.23. The number of pyridine rings is 1. The number of aromatic nitrogens is 3. The molecule has 0 spiro atoms. The maximum Gasteiger partial charge on any atom is 0.163 e. The quantitative estimate of drug-likeness (QED) is 0.808. The number of nitrogens with zero attached hydrogens (tertiary/aromatic N) is 3. The lowest BCUT2D eigenvalue weighted by atomic mass is 10.0. The second-order valence-electron chi connectivity index (χ2n) is 5.30. The minimum atomic E-state index is 0.530. The van der Waals surface area contributed by atoms with Crippen LogP contribution in [0, 0.1) is 10.5 Å². The third-order valence-electron chi connectivity index (χ3n) is 3.92. The largest absolute Gasteiger partial charge is 0.383 e. The average Bonchev–Trinajstić information content (AvgIpc) is 2.96. The Morgan fingerprint density at radius 3 is 2.70 bits per heavy atom. The van der Waals surface area contributed by atoms with E-state index in [9.17, 15) is 0 Å². The van der Waals surface area contributed by atoms with Crippen molar-refractivity contribution in [2.45, 2.75) is 38.5 Å². The Morgan fingerprint density at radius 2 is 2.00 bits per heavy atom. The minimum absolute atomic E-state index is 0.530. The summed E-state index contributed by atoms with van der Waals surface area (Å²) in [5.74, 6) is 1.82. The highest BCUT2D eigenvalue weighted by molar-refractivity contribution is 14.1. The van der Waals surface area contributed by atoms with Crippen molar-refractivity contribution in [3.8, 4) is 11.4 Å². The molecule has 5 heteroatoms. The number of halogens is 1. The molecule has 0 aliphatic heterocycles. The molecule has 0 radical (unpaired) electrons. The number of aryl methyl sites for hydroxylation is 1. The van der Waals surface area contributed by atoms with Crippen LogP contribution in [0.4, 0.5) is 5.82 Å². The van der Waals surface area contributed by atoms with E-state index >= 15 is 0 Å². The lowest BCUT2D eigenvalue weighted by Gasteiger charge is -2.14. The van der Waals surface area contributed by atoms with Crippen molar-refractivity contribution in [3.63, 3.8) is 0 Å². The fourth-order valence-corrected chi connectivity index (χ4v) is 3.45. The average molecular weight is 380 g/mol. The third kappa shape index (κ3) is 2.51. The zero-order chi connectivity index (χ0) is 14.1. The molecule has 2 aromatic rings. The number of hydrogen-bond donors (Lipinski definition) is 1. The summed E-state index contributed by atoms with van der Waals surface area (Å²) in [6.07, 6.45) is 8.58. The van der Waals surface area contributed by atoms with Gasteiger partial charge in [0.2, 0.25) is 0 Å². The van der Waals surface area contributed by atoms with Crippen molar-refractivity contribution in [2.24, 2.45) is 0 Å². The molecule has 2 aromatic heterocycles. The number of rotatable bonds is 2. The molecule has 2 N–H and O–H groups in total. The standard InChI is InChI=1S/C15H17IN4/c1-9-6-7-18-8-11(9)15-19-13(10-4-2-3-5-10)12(16)14(17)20-15/h6-8,10H,2-5H2,1H3,(H2,17,19,20). The molecule has 1 aliphatic carbocycles. The fraction of sp³-hybridized carbons (Fsp3) is 0.400. The second-order valence-corrected chi connectivity index (χ2v) is 6.38. The monoisotopic (exact) mass is 380 g/mol. The summed E-state index contributed by atoms with van der Waals surface area (Å²) in [6, 6.07) is 1.97. The fourth-order valence-electron chi connectivity index (χ4n) is 2.77. The summed E-state index contributed by atoms with van der Waals surface area (Å²) in [4.78, 5) is 13.4.